The summed E-state index contributed by atoms with van der Waals surface area (Å²) in [6.07, 6.45) is 1.01. The summed E-state index contributed by atoms with van der Waals surface area (Å²) in [7, 11) is 0. The first kappa shape index (κ1) is 20.8. The van der Waals surface area contributed by atoms with Crippen LogP contribution in [-0.2, 0) is 0 Å². The molecule has 0 unspecified atom stereocenters. The van der Waals surface area contributed by atoms with E-state index in [0.717, 1.165) is 17.5 Å². The molecule has 31 heavy (non-hydrogen) atoms. The van der Waals surface area contributed by atoms with E-state index in [1.807, 2.05) is 61.5 Å². The molecule has 0 aliphatic rings. The van der Waals surface area contributed by atoms with Crippen LogP contribution in [0.2, 0.25) is 10.0 Å². The maximum atomic E-state index is 13.5. The summed E-state index contributed by atoms with van der Waals surface area (Å²) in [4.78, 5) is 18.3. The van der Waals surface area contributed by atoms with Crippen LogP contribution in [0.1, 0.15) is 11.1 Å². The zero-order valence-electron chi connectivity index (χ0n) is 16.6. The molecule has 7 heteroatoms. The summed E-state index contributed by atoms with van der Waals surface area (Å²) in [5.41, 5.74) is 2.74. The molecule has 4 aromatic rings. The number of halogens is 2. The first-order valence-electron chi connectivity index (χ1n) is 9.50. The molecule has 0 aliphatic carbocycles. The van der Waals surface area contributed by atoms with Gasteiger partial charge in [-0.25, -0.2) is 4.98 Å². The molecule has 0 saturated heterocycles. The predicted octanol–water partition coefficient (Wildman–Crippen LogP) is 6.26. The van der Waals surface area contributed by atoms with E-state index < -0.39 is 0 Å². The van der Waals surface area contributed by atoms with Gasteiger partial charge in [0.1, 0.15) is 11.4 Å². The third kappa shape index (κ3) is 4.24. The lowest BCUT2D eigenvalue weighted by atomic mass is 10.1. The van der Waals surface area contributed by atoms with Crippen molar-refractivity contribution in [1.29, 1.82) is 5.41 Å². The molecule has 4 rings (SSSR count). The van der Waals surface area contributed by atoms with Crippen LogP contribution < -0.4 is 10.9 Å². The van der Waals surface area contributed by atoms with Crippen LogP contribution in [0.4, 0.5) is 11.5 Å². The summed E-state index contributed by atoms with van der Waals surface area (Å²) in [5.74, 6) is 0.620. The van der Waals surface area contributed by atoms with E-state index in [2.05, 4.69) is 5.32 Å². The van der Waals surface area contributed by atoms with Gasteiger partial charge in [0.25, 0.3) is 5.56 Å². The topological polar surface area (TPSA) is 70.8 Å². The van der Waals surface area contributed by atoms with E-state index in [1.54, 1.807) is 18.2 Å². The molecule has 0 saturated carbocycles. The highest BCUT2D eigenvalue weighted by Gasteiger charge is 2.20. The first-order valence-corrected chi connectivity index (χ1v) is 10.3. The van der Waals surface area contributed by atoms with Crippen molar-refractivity contribution in [1.82, 2.24) is 9.55 Å². The summed E-state index contributed by atoms with van der Waals surface area (Å²) in [6.45, 7) is 1.97. The molecule has 5 nitrogen and oxygen atoms in total. The molecule has 0 spiro atoms. The monoisotopic (exact) mass is 448 g/mol. The zero-order chi connectivity index (χ0) is 22.0. The molecule has 0 radical (unpaired) electrons. The minimum atomic E-state index is -0.381. The largest absolute Gasteiger partial charge is 0.339 e. The molecular formula is C24H18Cl2N4O. The van der Waals surface area contributed by atoms with Crippen molar-refractivity contribution in [2.24, 2.45) is 0 Å². The van der Waals surface area contributed by atoms with Crippen molar-refractivity contribution in [2.45, 2.75) is 6.92 Å². The van der Waals surface area contributed by atoms with Gasteiger partial charge >= 0.3 is 0 Å². The third-order valence-corrected chi connectivity index (χ3v) is 5.31. The number of rotatable bonds is 5. The van der Waals surface area contributed by atoms with Gasteiger partial charge in [-0.15, -0.1) is 0 Å². The second kappa shape index (κ2) is 8.76. The maximum absolute atomic E-state index is 13.5. The molecule has 1 aromatic heterocycles. The fourth-order valence-electron chi connectivity index (χ4n) is 3.20. The fourth-order valence-corrected chi connectivity index (χ4v) is 3.70. The van der Waals surface area contributed by atoms with E-state index in [-0.39, 0.29) is 16.9 Å². The molecule has 0 bridgehead atoms. The van der Waals surface area contributed by atoms with E-state index in [1.165, 1.54) is 4.57 Å². The van der Waals surface area contributed by atoms with Crippen LogP contribution in [0.3, 0.4) is 0 Å². The van der Waals surface area contributed by atoms with Crippen molar-refractivity contribution < 1.29 is 0 Å². The van der Waals surface area contributed by atoms with Gasteiger partial charge in [-0.2, -0.15) is 0 Å². The van der Waals surface area contributed by atoms with E-state index >= 15 is 0 Å². The SMILES string of the molecule is Cc1ccc(-n2c(-c3ccc(Cl)cc3Cl)nc(Nc3ccccc3)c(C=N)c2=O)cc1. The Hall–Kier alpha value is -3.41. The number of nitrogens with one attached hydrogen (secondary N) is 2. The van der Waals surface area contributed by atoms with E-state index in [4.69, 9.17) is 33.6 Å². The number of anilines is 2. The second-order valence-corrected chi connectivity index (χ2v) is 7.78. The van der Waals surface area contributed by atoms with Crippen LogP contribution >= 0.6 is 23.2 Å². The predicted molar refractivity (Wildman–Crippen MR) is 128 cm³/mol. The van der Waals surface area contributed by atoms with Gasteiger partial charge in [-0.05, 0) is 49.4 Å². The quantitative estimate of drug-likeness (QED) is 0.354. The molecule has 3 aromatic carbocycles. The van der Waals surface area contributed by atoms with Crippen molar-refractivity contribution in [3.63, 3.8) is 0 Å². The van der Waals surface area contributed by atoms with Crippen molar-refractivity contribution in [2.75, 3.05) is 5.32 Å². The Morgan fingerprint density at radius 3 is 2.35 bits per heavy atom. The van der Waals surface area contributed by atoms with Crippen LogP contribution in [-0.4, -0.2) is 15.8 Å². The average Bonchev–Trinajstić information content (AvgIpc) is 2.75. The number of hydrogen-bond acceptors (Lipinski definition) is 4. The van der Waals surface area contributed by atoms with Gasteiger partial charge in [-0.3, -0.25) is 9.36 Å². The van der Waals surface area contributed by atoms with Crippen molar-refractivity contribution in [3.05, 3.63) is 104 Å². The summed E-state index contributed by atoms with van der Waals surface area (Å²) in [6, 6.07) is 21.9. The Morgan fingerprint density at radius 1 is 1.00 bits per heavy atom. The van der Waals surface area contributed by atoms with Crippen LogP contribution in [0.25, 0.3) is 17.1 Å². The van der Waals surface area contributed by atoms with Gasteiger partial charge in [0.15, 0.2) is 5.82 Å². The molecule has 1 heterocycles. The van der Waals surface area contributed by atoms with Crippen molar-refractivity contribution in [3.8, 4) is 17.1 Å². The lowest BCUT2D eigenvalue weighted by Gasteiger charge is -2.18. The van der Waals surface area contributed by atoms with Gasteiger partial charge in [0.05, 0.1) is 10.7 Å². The first-order chi connectivity index (χ1) is 15.0. The Morgan fingerprint density at radius 2 is 1.71 bits per heavy atom. The smallest absolute Gasteiger partial charge is 0.269 e. The molecule has 0 amide bonds. The lowest BCUT2D eigenvalue weighted by Crippen LogP contribution is -2.27. The van der Waals surface area contributed by atoms with Gasteiger partial charge < -0.3 is 10.7 Å². The minimum absolute atomic E-state index is 0.137. The van der Waals surface area contributed by atoms with Crippen LogP contribution in [0, 0.1) is 12.3 Å². The Kier molecular flexibility index (Phi) is 5.89. The number of aryl methyl sites for hydroxylation is 1. The standard InChI is InChI=1S/C24H18Cl2N4O/c1-15-7-10-18(11-8-15)30-23(19-12-9-16(25)13-21(19)26)29-22(20(14-27)24(30)31)28-17-5-3-2-4-6-17/h2-14,27-28H,1H3. The van der Waals surface area contributed by atoms with Crippen LogP contribution in [0.15, 0.2) is 77.6 Å². The zero-order valence-corrected chi connectivity index (χ0v) is 18.1. The van der Waals surface area contributed by atoms with E-state index in [9.17, 15) is 4.79 Å². The summed E-state index contributed by atoms with van der Waals surface area (Å²) in [5, 5.41) is 11.9. The highest BCUT2D eigenvalue weighted by Crippen LogP contribution is 2.31. The summed E-state index contributed by atoms with van der Waals surface area (Å²) >= 11 is 12.6. The normalized spacial score (nSPS) is 10.7. The lowest BCUT2D eigenvalue weighted by molar-refractivity contribution is 0.947. The fraction of sp³-hybridized carbons (Fsp3) is 0.0417. The number of aromatic nitrogens is 2. The van der Waals surface area contributed by atoms with Crippen molar-refractivity contribution >= 4 is 40.9 Å². The third-order valence-electron chi connectivity index (χ3n) is 4.76. The number of hydrogen-bond donors (Lipinski definition) is 2. The highest BCUT2D eigenvalue weighted by atomic mass is 35.5. The van der Waals surface area contributed by atoms with Gasteiger partial charge in [0.2, 0.25) is 0 Å². The number of nitrogens with zero attached hydrogens (tertiary/aromatic N) is 2. The van der Waals surface area contributed by atoms with Crippen LogP contribution in [0.5, 0.6) is 0 Å². The number of benzene rings is 3. The molecule has 0 aliphatic heterocycles. The highest BCUT2D eigenvalue weighted by molar-refractivity contribution is 6.36. The van der Waals surface area contributed by atoms with Gasteiger partial charge in [-0.1, -0.05) is 59.1 Å². The second-order valence-electron chi connectivity index (χ2n) is 6.93. The Labute approximate surface area is 189 Å². The Bertz CT molecular complexity index is 1320. The molecular weight excluding hydrogens is 431 g/mol. The maximum Gasteiger partial charge on any atom is 0.269 e. The average molecular weight is 449 g/mol. The summed E-state index contributed by atoms with van der Waals surface area (Å²) < 4.78 is 1.46. The van der Waals surface area contributed by atoms with E-state index in [0.29, 0.717) is 27.1 Å². The molecule has 0 atom stereocenters. The molecule has 0 fully saturated rings. The minimum Gasteiger partial charge on any atom is -0.339 e. The molecule has 2 N–H and O–H groups in total. The molecule has 154 valence electrons. The Balaban J connectivity index is 2.02. The number of para-hydroxylation sites is 1. The van der Waals surface area contributed by atoms with Gasteiger partial charge in [0, 0.05) is 22.5 Å².